The lowest BCUT2D eigenvalue weighted by Gasteiger charge is -2.70. The highest BCUT2D eigenvalue weighted by Gasteiger charge is 2.79. The maximum absolute atomic E-state index is 12.5. The van der Waals surface area contributed by atoms with Gasteiger partial charge in [0.25, 0.3) is 0 Å². The van der Waals surface area contributed by atoms with E-state index in [1.807, 2.05) is 6.07 Å². The Balaban J connectivity index is 1.53. The topological polar surface area (TPSA) is 68.2 Å². The Labute approximate surface area is 182 Å². The lowest BCUT2D eigenvalue weighted by atomic mass is 9.38. The predicted molar refractivity (Wildman–Crippen MR) is 113 cm³/mol. The average Bonchev–Trinajstić information content (AvgIpc) is 3.52. The van der Waals surface area contributed by atoms with E-state index in [-0.39, 0.29) is 16.9 Å². The van der Waals surface area contributed by atoms with E-state index in [0.717, 1.165) is 49.8 Å². The maximum Gasteiger partial charge on any atom is 0.334 e. The van der Waals surface area contributed by atoms with Crippen molar-refractivity contribution in [2.24, 2.45) is 11.3 Å². The van der Waals surface area contributed by atoms with Gasteiger partial charge in [-0.25, -0.2) is 4.79 Å². The van der Waals surface area contributed by atoms with E-state index in [1.54, 1.807) is 14.2 Å². The third kappa shape index (κ3) is 1.88. The number of methoxy groups -OCH3 is 2. The molecule has 164 valence electrons. The van der Waals surface area contributed by atoms with E-state index in [9.17, 15) is 9.90 Å². The van der Waals surface area contributed by atoms with Crippen LogP contribution in [0.5, 0.6) is 11.5 Å². The molecule has 1 aromatic carbocycles. The molecular weight excluding hydrogens is 394 g/mol. The zero-order valence-electron chi connectivity index (χ0n) is 18.1. The first-order valence-corrected chi connectivity index (χ1v) is 11.6. The number of carboxylic acids is 1. The molecular formula is C25H29NO5. The molecule has 2 heterocycles. The van der Waals surface area contributed by atoms with Gasteiger partial charge in [0, 0.05) is 30.7 Å². The van der Waals surface area contributed by atoms with Crippen LogP contribution in [0, 0.1) is 11.3 Å². The van der Waals surface area contributed by atoms with Crippen LogP contribution in [0.4, 0.5) is 0 Å². The summed E-state index contributed by atoms with van der Waals surface area (Å²) in [7, 11) is 3.33. The molecule has 6 heteroatoms. The zero-order chi connectivity index (χ0) is 21.2. The first-order valence-electron chi connectivity index (χ1n) is 11.6. The molecule has 7 aliphatic rings. The number of rotatable bonds is 5. The lowest BCUT2D eigenvalue weighted by Crippen LogP contribution is -2.78. The molecule has 3 fully saturated rings. The average molecular weight is 424 g/mol. The van der Waals surface area contributed by atoms with E-state index in [4.69, 9.17) is 14.2 Å². The summed E-state index contributed by atoms with van der Waals surface area (Å²) in [4.78, 5) is 15.2. The number of aliphatic carboxylic acids is 1. The molecule has 0 unspecified atom stereocenters. The molecule has 4 bridgehead atoms. The van der Waals surface area contributed by atoms with Crippen molar-refractivity contribution in [3.8, 4) is 11.5 Å². The standard InChI is InChI=1S/C25H29NO5/c1-29-17-6-5-15-11-18-23-7-8-25(30-2,16(12-23)21(27)28)22-24(23,19(15)20(17)31-22)9-10-26(18)13-14-3-4-14/h5-6,12,14,18,22H,3-4,7-11,13H2,1-2H3,(H,27,28)/t18-,22-,23-,24+,25-/m1/s1. The molecule has 0 aromatic heterocycles. The van der Waals surface area contributed by atoms with Crippen molar-refractivity contribution in [1.82, 2.24) is 4.90 Å². The summed E-state index contributed by atoms with van der Waals surface area (Å²) in [6.45, 7) is 2.17. The second kappa shape index (κ2) is 5.65. The Morgan fingerprint density at radius 1 is 1.26 bits per heavy atom. The highest BCUT2D eigenvalue weighted by atomic mass is 16.6. The van der Waals surface area contributed by atoms with Gasteiger partial charge in [-0.15, -0.1) is 0 Å². The second-order valence-electron chi connectivity index (χ2n) is 10.5. The van der Waals surface area contributed by atoms with E-state index < -0.39 is 11.6 Å². The maximum atomic E-state index is 12.5. The molecule has 1 aromatic rings. The van der Waals surface area contributed by atoms with E-state index in [0.29, 0.717) is 18.0 Å². The molecule has 0 amide bonds. The number of piperidine rings is 1. The van der Waals surface area contributed by atoms with Gasteiger partial charge in [-0.1, -0.05) is 12.1 Å². The quantitative estimate of drug-likeness (QED) is 0.786. The largest absolute Gasteiger partial charge is 0.493 e. The molecule has 2 spiro atoms. The molecule has 31 heavy (non-hydrogen) atoms. The van der Waals surface area contributed by atoms with Gasteiger partial charge in [-0.05, 0) is 62.6 Å². The Bertz CT molecular complexity index is 1050. The summed E-state index contributed by atoms with van der Waals surface area (Å²) in [6.07, 6.45) is 8.01. The molecule has 5 aliphatic carbocycles. The van der Waals surface area contributed by atoms with Crippen LogP contribution in [-0.2, 0) is 21.4 Å². The number of hydrogen-bond donors (Lipinski definition) is 1. The van der Waals surface area contributed by atoms with Crippen LogP contribution in [0.1, 0.15) is 43.2 Å². The van der Waals surface area contributed by atoms with Gasteiger partial charge in [-0.3, -0.25) is 4.90 Å². The highest BCUT2D eigenvalue weighted by molar-refractivity contribution is 5.91. The SMILES string of the molecule is COc1ccc2c3c1O[C@@H]1[C@]34CCN(CC3CC3)[C@H](C2)[C@@]42C=C(C(=O)O)[C@]1(OC)CC2. The monoisotopic (exact) mass is 423 g/mol. The van der Waals surface area contributed by atoms with Crippen molar-refractivity contribution in [3.63, 3.8) is 0 Å². The molecule has 0 radical (unpaired) electrons. The summed E-state index contributed by atoms with van der Waals surface area (Å²) < 4.78 is 18.6. The van der Waals surface area contributed by atoms with Crippen molar-refractivity contribution in [3.05, 3.63) is 34.9 Å². The Morgan fingerprint density at radius 3 is 2.81 bits per heavy atom. The summed E-state index contributed by atoms with van der Waals surface area (Å²) in [5.41, 5.74) is 1.62. The smallest absolute Gasteiger partial charge is 0.334 e. The third-order valence-electron chi connectivity index (χ3n) is 9.61. The number of carbonyl (C=O) groups is 1. The minimum atomic E-state index is -0.921. The van der Waals surface area contributed by atoms with Crippen molar-refractivity contribution < 1.29 is 24.1 Å². The van der Waals surface area contributed by atoms with Gasteiger partial charge in [-0.2, -0.15) is 0 Å². The van der Waals surface area contributed by atoms with Crippen LogP contribution < -0.4 is 9.47 Å². The summed E-state index contributed by atoms with van der Waals surface area (Å²) in [5, 5.41) is 10.3. The highest BCUT2D eigenvalue weighted by Crippen LogP contribution is 2.74. The van der Waals surface area contributed by atoms with E-state index >= 15 is 0 Å². The minimum Gasteiger partial charge on any atom is -0.493 e. The second-order valence-corrected chi connectivity index (χ2v) is 10.5. The fourth-order valence-corrected chi connectivity index (χ4v) is 8.25. The molecule has 2 saturated carbocycles. The molecule has 1 N–H and O–H groups in total. The normalized spacial score (nSPS) is 41.4. The lowest BCUT2D eigenvalue weighted by molar-refractivity contribution is -0.199. The van der Waals surface area contributed by atoms with Gasteiger partial charge < -0.3 is 19.3 Å². The van der Waals surface area contributed by atoms with E-state index in [1.165, 1.54) is 24.0 Å². The summed E-state index contributed by atoms with van der Waals surface area (Å²) in [5.74, 6) is 1.51. The van der Waals surface area contributed by atoms with Gasteiger partial charge in [0.1, 0.15) is 11.7 Å². The molecule has 5 atom stereocenters. The first kappa shape index (κ1) is 18.5. The Hall–Kier alpha value is -2.05. The summed E-state index contributed by atoms with van der Waals surface area (Å²) in [6, 6.07) is 4.55. The van der Waals surface area contributed by atoms with E-state index in [2.05, 4.69) is 17.0 Å². The molecule has 1 saturated heterocycles. The van der Waals surface area contributed by atoms with Crippen molar-refractivity contribution in [2.45, 2.75) is 61.7 Å². The molecule has 8 rings (SSSR count). The van der Waals surface area contributed by atoms with Crippen LogP contribution in [0.25, 0.3) is 0 Å². The van der Waals surface area contributed by atoms with Gasteiger partial charge in [0.05, 0.1) is 18.1 Å². The van der Waals surface area contributed by atoms with Crippen LogP contribution in [0.15, 0.2) is 23.8 Å². The number of likely N-dealkylation sites (tertiary alicyclic amines) is 1. The fraction of sp³-hybridized carbons (Fsp3) is 0.640. The van der Waals surface area contributed by atoms with Crippen LogP contribution in [0.3, 0.4) is 0 Å². The van der Waals surface area contributed by atoms with Gasteiger partial charge in [0.15, 0.2) is 11.5 Å². The fourth-order valence-electron chi connectivity index (χ4n) is 8.25. The molecule has 2 aliphatic heterocycles. The third-order valence-corrected chi connectivity index (χ3v) is 9.61. The predicted octanol–water partition coefficient (Wildman–Crippen LogP) is 2.92. The molecule has 6 nitrogen and oxygen atoms in total. The number of benzene rings is 1. The van der Waals surface area contributed by atoms with Crippen molar-refractivity contribution in [1.29, 1.82) is 0 Å². The Kier molecular flexibility index (Phi) is 3.37. The van der Waals surface area contributed by atoms with Crippen LogP contribution >= 0.6 is 0 Å². The van der Waals surface area contributed by atoms with Crippen LogP contribution in [0.2, 0.25) is 0 Å². The number of nitrogens with zero attached hydrogens (tertiary/aromatic N) is 1. The number of hydrogen-bond acceptors (Lipinski definition) is 5. The van der Waals surface area contributed by atoms with Gasteiger partial charge >= 0.3 is 5.97 Å². The van der Waals surface area contributed by atoms with Crippen LogP contribution in [-0.4, -0.2) is 61.0 Å². The van der Waals surface area contributed by atoms with Crippen molar-refractivity contribution in [2.75, 3.05) is 27.3 Å². The van der Waals surface area contributed by atoms with Crippen molar-refractivity contribution >= 4 is 5.97 Å². The minimum absolute atomic E-state index is 0.233. The van der Waals surface area contributed by atoms with Gasteiger partial charge in [0.2, 0.25) is 0 Å². The number of carboxylic acid groups (broad SMARTS) is 1. The Morgan fingerprint density at radius 2 is 2.10 bits per heavy atom. The first-order chi connectivity index (χ1) is 15.0. The summed E-state index contributed by atoms with van der Waals surface area (Å²) >= 11 is 0. The number of fused-ring (bicyclic) bond motifs is 1. The zero-order valence-corrected chi connectivity index (χ0v) is 18.1. The number of ether oxygens (including phenoxy) is 3.